The standard InChI is InChI=1S/C18H30N6O10/c1-7(25)14(24-15(30)8(19)6-12(21)27)17(32)22-9(2-4-11(20)26)16(31)23-10(18(33)34)3-5-13(28)29/h7-10,14,25H,2-6,19H2,1H3,(H2,20,26)(H2,21,27)(H,22,32)(H,23,31)(H,24,30)(H,28,29)(H,33,34). The van der Waals surface area contributed by atoms with Gasteiger partial charge in [0.2, 0.25) is 29.5 Å². The van der Waals surface area contributed by atoms with Gasteiger partial charge in [0.1, 0.15) is 18.1 Å². The van der Waals surface area contributed by atoms with Gasteiger partial charge in [-0.25, -0.2) is 4.79 Å². The summed E-state index contributed by atoms with van der Waals surface area (Å²) in [5.41, 5.74) is 15.5. The predicted octanol–water partition coefficient (Wildman–Crippen LogP) is -4.76. The molecule has 0 aromatic carbocycles. The quantitative estimate of drug-likeness (QED) is 0.0988. The third kappa shape index (κ3) is 11.7. The molecular weight excluding hydrogens is 460 g/mol. The number of carboxylic acid groups (broad SMARTS) is 2. The molecule has 5 unspecified atom stereocenters. The largest absolute Gasteiger partial charge is 0.481 e. The van der Waals surface area contributed by atoms with Gasteiger partial charge in [-0.3, -0.25) is 28.8 Å². The second kappa shape index (κ2) is 14.4. The molecule has 34 heavy (non-hydrogen) atoms. The van der Waals surface area contributed by atoms with Crippen LogP contribution >= 0.6 is 0 Å². The Morgan fingerprint density at radius 3 is 1.74 bits per heavy atom. The number of carbonyl (C=O) groups is 7. The minimum atomic E-state index is -1.66. The van der Waals surface area contributed by atoms with Crippen LogP contribution in [-0.2, 0) is 33.6 Å². The summed E-state index contributed by atoms with van der Waals surface area (Å²) in [5.74, 6) is -7.75. The lowest BCUT2D eigenvalue weighted by Crippen LogP contribution is -2.60. The van der Waals surface area contributed by atoms with Crippen LogP contribution in [-0.4, -0.2) is 87.1 Å². The van der Waals surface area contributed by atoms with Crippen molar-refractivity contribution >= 4 is 41.5 Å². The molecule has 0 aromatic rings. The normalized spacial score (nSPS) is 15.0. The maximum atomic E-state index is 12.7. The van der Waals surface area contributed by atoms with E-state index in [1.165, 1.54) is 0 Å². The van der Waals surface area contributed by atoms with Crippen LogP contribution < -0.4 is 33.2 Å². The number of hydrogen-bond acceptors (Lipinski definition) is 9. The van der Waals surface area contributed by atoms with E-state index in [4.69, 9.17) is 22.3 Å². The number of amides is 5. The lowest BCUT2D eigenvalue weighted by molar-refractivity contribution is -0.143. The van der Waals surface area contributed by atoms with Crippen LogP contribution in [0.3, 0.4) is 0 Å². The Hall–Kier alpha value is -3.79. The molecule has 5 amide bonds. The van der Waals surface area contributed by atoms with Crippen molar-refractivity contribution < 1.29 is 48.9 Å². The molecular formula is C18H30N6O10. The monoisotopic (exact) mass is 490 g/mol. The molecule has 0 bridgehead atoms. The lowest BCUT2D eigenvalue weighted by Gasteiger charge is -2.26. The molecule has 16 nitrogen and oxygen atoms in total. The van der Waals surface area contributed by atoms with Crippen LogP contribution in [0, 0.1) is 0 Å². The van der Waals surface area contributed by atoms with Crippen molar-refractivity contribution in [3.05, 3.63) is 0 Å². The first kappa shape index (κ1) is 30.2. The number of hydrogen-bond donors (Lipinski definition) is 9. The van der Waals surface area contributed by atoms with Crippen LogP contribution in [0.25, 0.3) is 0 Å². The van der Waals surface area contributed by atoms with E-state index in [0.717, 1.165) is 6.92 Å². The van der Waals surface area contributed by atoms with Gasteiger partial charge in [0.15, 0.2) is 0 Å². The Kier molecular flexibility index (Phi) is 12.8. The number of nitrogens with one attached hydrogen (secondary N) is 3. The van der Waals surface area contributed by atoms with Crippen molar-refractivity contribution in [1.82, 2.24) is 16.0 Å². The average Bonchev–Trinajstić information content (AvgIpc) is 2.70. The number of primary amides is 2. The van der Waals surface area contributed by atoms with E-state index in [2.05, 4.69) is 16.0 Å². The molecule has 5 atom stereocenters. The lowest BCUT2D eigenvalue weighted by atomic mass is 10.1. The molecule has 0 radical (unpaired) electrons. The Morgan fingerprint density at radius 2 is 1.29 bits per heavy atom. The summed E-state index contributed by atoms with van der Waals surface area (Å²) in [6, 6.07) is -6.23. The summed E-state index contributed by atoms with van der Waals surface area (Å²) in [4.78, 5) is 81.4. The van der Waals surface area contributed by atoms with E-state index in [-0.39, 0.29) is 6.42 Å². The summed E-state index contributed by atoms with van der Waals surface area (Å²) in [6.07, 6.45) is -3.86. The number of aliphatic carboxylic acids is 2. The summed E-state index contributed by atoms with van der Waals surface area (Å²) >= 11 is 0. The zero-order valence-corrected chi connectivity index (χ0v) is 18.4. The average molecular weight is 490 g/mol. The van der Waals surface area contributed by atoms with E-state index in [1.54, 1.807) is 0 Å². The number of aliphatic hydroxyl groups excluding tert-OH is 1. The molecule has 0 saturated heterocycles. The number of nitrogens with two attached hydrogens (primary N) is 3. The van der Waals surface area contributed by atoms with Gasteiger partial charge in [0, 0.05) is 12.8 Å². The van der Waals surface area contributed by atoms with Gasteiger partial charge in [0.25, 0.3) is 0 Å². The van der Waals surface area contributed by atoms with Crippen LogP contribution in [0.4, 0.5) is 0 Å². The maximum Gasteiger partial charge on any atom is 0.326 e. The highest BCUT2D eigenvalue weighted by atomic mass is 16.4. The van der Waals surface area contributed by atoms with E-state index >= 15 is 0 Å². The van der Waals surface area contributed by atoms with Gasteiger partial charge >= 0.3 is 11.9 Å². The highest BCUT2D eigenvalue weighted by Gasteiger charge is 2.32. The van der Waals surface area contributed by atoms with Crippen molar-refractivity contribution in [1.29, 1.82) is 0 Å². The Morgan fingerprint density at radius 1 is 0.765 bits per heavy atom. The minimum absolute atomic E-state index is 0.375. The zero-order chi connectivity index (χ0) is 26.6. The summed E-state index contributed by atoms with van der Waals surface area (Å²) in [6.45, 7) is 1.13. The van der Waals surface area contributed by atoms with Gasteiger partial charge in [0.05, 0.1) is 18.6 Å². The van der Waals surface area contributed by atoms with Crippen LogP contribution in [0.5, 0.6) is 0 Å². The molecule has 192 valence electrons. The maximum absolute atomic E-state index is 12.7. The molecule has 0 fully saturated rings. The molecule has 12 N–H and O–H groups in total. The number of rotatable bonds is 16. The van der Waals surface area contributed by atoms with Gasteiger partial charge in [-0.15, -0.1) is 0 Å². The van der Waals surface area contributed by atoms with E-state index in [0.29, 0.717) is 0 Å². The van der Waals surface area contributed by atoms with E-state index < -0.39 is 97.4 Å². The molecule has 0 aliphatic carbocycles. The van der Waals surface area contributed by atoms with Crippen molar-refractivity contribution in [2.45, 2.75) is 69.3 Å². The summed E-state index contributed by atoms with van der Waals surface area (Å²) in [7, 11) is 0. The van der Waals surface area contributed by atoms with Crippen molar-refractivity contribution in [3.8, 4) is 0 Å². The SMILES string of the molecule is CC(O)C(NC(=O)C(N)CC(N)=O)C(=O)NC(CCC(N)=O)C(=O)NC(CCC(=O)O)C(=O)O. The molecule has 0 saturated carbocycles. The Bertz CT molecular complexity index is 802. The molecule has 0 heterocycles. The van der Waals surface area contributed by atoms with Gasteiger partial charge in [-0.2, -0.15) is 0 Å². The minimum Gasteiger partial charge on any atom is -0.481 e. The van der Waals surface area contributed by atoms with Crippen molar-refractivity contribution in [2.75, 3.05) is 0 Å². The summed E-state index contributed by atoms with van der Waals surface area (Å²) < 4.78 is 0. The molecule has 0 rings (SSSR count). The summed E-state index contributed by atoms with van der Waals surface area (Å²) in [5, 5.41) is 34.1. The smallest absolute Gasteiger partial charge is 0.326 e. The Balaban J connectivity index is 5.52. The molecule has 0 aliphatic heterocycles. The first-order chi connectivity index (χ1) is 15.6. The van der Waals surface area contributed by atoms with Gasteiger partial charge < -0.3 is 48.5 Å². The van der Waals surface area contributed by atoms with Gasteiger partial charge in [-0.05, 0) is 19.8 Å². The highest BCUT2D eigenvalue weighted by Crippen LogP contribution is 2.05. The number of carbonyl (C=O) groups excluding carboxylic acids is 5. The highest BCUT2D eigenvalue weighted by molar-refractivity contribution is 5.95. The fourth-order valence-electron chi connectivity index (χ4n) is 2.59. The Labute approximate surface area is 193 Å². The molecule has 0 aromatic heterocycles. The van der Waals surface area contributed by atoms with Gasteiger partial charge in [-0.1, -0.05) is 0 Å². The third-order valence-electron chi connectivity index (χ3n) is 4.39. The first-order valence-corrected chi connectivity index (χ1v) is 10.0. The number of carboxylic acids is 2. The van der Waals surface area contributed by atoms with Crippen LogP contribution in [0.15, 0.2) is 0 Å². The van der Waals surface area contributed by atoms with Crippen molar-refractivity contribution in [2.24, 2.45) is 17.2 Å². The molecule has 0 aliphatic rings. The zero-order valence-electron chi connectivity index (χ0n) is 18.4. The second-order valence-electron chi connectivity index (χ2n) is 7.40. The fraction of sp³-hybridized carbons (Fsp3) is 0.611. The van der Waals surface area contributed by atoms with Crippen LogP contribution in [0.2, 0.25) is 0 Å². The van der Waals surface area contributed by atoms with E-state index in [9.17, 15) is 43.8 Å². The molecule has 0 spiro atoms. The first-order valence-electron chi connectivity index (χ1n) is 10.0. The predicted molar refractivity (Wildman–Crippen MR) is 112 cm³/mol. The van der Waals surface area contributed by atoms with E-state index in [1.807, 2.05) is 0 Å². The van der Waals surface area contributed by atoms with Crippen LogP contribution in [0.1, 0.15) is 39.0 Å². The third-order valence-corrected chi connectivity index (χ3v) is 4.39. The topological polar surface area (TPSA) is 294 Å². The van der Waals surface area contributed by atoms with Crippen molar-refractivity contribution in [3.63, 3.8) is 0 Å². The molecule has 16 heteroatoms. The fourth-order valence-corrected chi connectivity index (χ4v) is 2.59. The number of aliphatic hydroxyl groups is 1. The second-order valence-corrected chi connectivity index (χ2v) is 7.40.